The fourth-order valence-electron chi connectivity index (χ4n) is 3.04. The SMILES string of the molecule is O=C(NCC(=O)n1c(COc2ccccc2)nc2ccccc21)c1ccccc1. The Hall–Kier alpha value is -3.93. The zero-order valence-corrected chi connectivity index (χ0v) is 15.6. The number of carbonyl (C=O) groups excluding carboxylic acids is 2. The van der Waals surface area contributed by atoms with E-state index >= 15 is 0 Å². The van der Waals surface area contributed by atoms with Gasteiger partial charge in [-0.2, -0.15) is 0 Å². The lowest BCUT2D eigenvalue weighted by atomic mass is 10.2. The van der Waals surface area contributed by atoms with E-state index in [1.807, 2.05) is 60.7 Å². The molecule has 6 nitrogen and oxygen atoms in total. The van der Waals surface area contributed by atoms with Gasteiger partial charge in [0.05, 0.1) is 17.6 Å². The molecule has 0 atom stereocenters. The predicted molar refractivity (Wildman–Crippen MR) is 110 cm³/mol. The number of ether oxygens (including phenoxy) is 1. The minimum atomic E-state index is -0.301. The van der Waals surface area contributed by atoms with Crippen molar-refractivity contribution in [1.82, 2.24) is 14.9 Å². The summed E-state index contributed by atoms with van der Waals surface area (Å²) in [5.74, 6) is 0.588. The molecule has 144 valence electrons. The Morgan fingerprint density at radius 1 is 0.862 bits per heavy atom. The van der Waals surface area contributed by atoms with Gasteiger partial charge >= 0.3 is 0 Å². The first-order valence-corrected chi connectivity index (χ1v) is 9.23. The Morgan fingerprint density at radius 3 is 2.28 bits per heavy atom. The molecule has 0 saturated heterocycles. The summed E-state index contributed by atoms with van der Waals surface area (Å²) >= 11 is 0. The van der Waals surface area contributed by atoms with Crippen molar-refractivity contribution in [3.8, 4) is 5.75 Å². The molecule has 0 aliphatic rings. The minimum absolute atomic E-state index is 0.136. The fraction of sp³-hybridized carbons (Fsp3) is 0.0870. The van der Waals surface area contributed by atoms with Crippen molar-refractivity contribution in [2.45, 2.75) is 6.61 Å². The van der Waals surface area contributed by atoms with Crippen LogP contribution in [0.1, 0.15) is 21.0 Å². The normalized spacial score (nSPS) is 10.6. The van der Waals surface area contributed by atoms with Crippen molar-refractivity contribution in [3.63, 3.8) is 0 Å². The zero-order valence-electron chi connectivity index (χ0n) is 15.6. The van der Waals surface area contributed by atoms with Crippen molar-refractivity contribution in [1.29, 1.82) is 0 Å². The van der Waals surface area contributed by atoms with Crippen LogP contribution in [0.2, 0.25) is 0 Å². The standard InChI is InChI=1S/C23H19N3O3/c27-22(15-24-23(28)17-9-3-1-4-10-17)26-20-14-8-7-13-19(20)25-21(26)16-29-18-11-5-2-6-12-18/h1-14H,15-16H2,(H,24,28). The molecule has 4 aromatic rings. The molecule has 0 unspecified atom stereocenters. The molecule has 0 saturated carbocycles. The highest BCUT2D eigenvalue weighted by Crippen LogP contribution is 2.18. The second-order valence-corrected chi connectivity index (χ2v) is 6.40. The molecule has 1 N–H and O–H groups in total. The number of imidazole rings is 1. The van der Waals surface area contributed by atoms with E-state index in [0.29, 0.717) is 28.2 Å². The maximum absolute atomic E-state index is 12.9. The highest BCUT2D eigenvalue weighted by molar-refractivity contribution is 5.98. The third kappa shape index (κ3) is 4.16. The summed E-state index contributed by atoms with van der Waals surface area (Å²) < 4.78 is 7.29. The number of fused-ring (bicyclic) bond motifs is 1. The van der Waals surface area contributed by atoms with E-state index in [1.165, 1.54) is 4.57 Å². The molecule has 29 heavy (non-hydrogen) atoms. The summed E-state index contributed by atoms with van der Waals surface area (Å²) in [6.45, 7) is -0.0104. The van der Waals surface area contributed by atoms with Crippen LogP contribution in [0, 0.1) is 0 Å². The first-order valence-electron chi connectivity index (χ1n) is 9.23. The van der Waals surface area contributed by atoms with E-state index in [4.69, 9.17) is 4.74 Å². The number of hydrogen-bond donors (Lipinski definition) is 1. The Kier molecular flexibility index (Phi) is 5.33. The Labute approximate surface area is 167 Å². The summed E-state index contributed by atoms with van der Waals surface area (Å²) in [6.07, 6.45) is 0. The van der Waals surface area contributed by atoms with Crippen LogP contribution in [0.4, 0.5) is 0 Å². The number of benzene rings is 3. The molecular formula is C23H19N3O3. The molecule has 3 aromatic carbocycles. The summed E-state index contributed by atoms with van der Waals surface area (Å²) in [5, 5.41) is 2.67. The van der Waals surface area contributed by atoms with E-state index < -0.39 is 0 Å². The van der Waals surface area contributed by atoms with Crippen LogP contribution in [-0.2, 0) is 6.61 Å². The van der Waals surface area contributed by atoms with Gasteiger partial charge in [-0.1, -0.05) is 48.5 Å². The van der Waals surface area contributed by atoms with Crippen LogP contribution < -0.4 is 10.1 Å². The number of hydrogen-bond acceptors (Lipinski definition) is 4. The quantitative estimate of drug-likeness (QED) is 0.549. The average molecular weight is 385 g/mol. The Morgan fingerprint density at radius 2 is 1.52 bits per heavy atom. The van der Waals surface area contributed by atoms with E-state index in [0.717, 1.165) is 0 Å². The first-order chi connectivity index (χ1) is 14.2. The first kappa shape index (κ1) is 18.4. The van der Waals surface area contributed by atoms with Crippen molar-refractivity contribution in [2.24, 2.45) is 0 Å². The number of nitrogens with zero attached hydrogens (tertiary/aromatic N) is 2. The topological polar surface area (TPSA) is 73.2 Å². The largest absolute Gasteiger partial charge is 0.486 e. The maximum atomic E-state index is 12.9. The molecule has 0 radical (unpaired) electrons. The number of amides is 1. The minimum Gasteiger partial charge on any atom is -0.486 e. The third-order valence-corrected chi connectivity index (χ3v) is 4.43. The van der Waals surface area contributed by atoms with Crippen LogP contribution in [0.25, 0.3) is 11.0 Å². The monoisotopic (exact) mass is 385 g/mol. The van der Waals surface area contributed by atoms with Gasteiger partial charge in [0.2, 0.25) is 0 Å². The van der Waals surface area contributed by atoms with Crippen LogP contribution in [-0.4, -0.2) is 27.9 Å². The van der Waals surface area contributed by atoms with Gasteiger partial charge in [-0.15, -0.1) is 0 Å². The zero-order chi connectivity index (χ0) is 20.1. The van der Waals surface area contributed by atoms with Crippen molar-refractivity contribution in [2.75, 3.05) is 6.54 Å². The highest BCUT2D eigenvalue weighted by atomic mass is 16.5. The van der Waals surface area contributed by atoms with Gasteiger partial charge < -0.3 is 10.1 Å². The third-order valence-electron chi connectivity index (χ3n) is 4.43. The summed E-state index contributed by atoms with van der Waals surface area (Å²) in [6, 6.07) is 25.5. The second-order valence-electron chi connectivity index (χ2n) is 6.40. The maximum Gasteiger partial charge on any atom is 0.252 e. The Balaban J connectivity index is 1.54. The van der Waals surface area contributed by atoms with Crippen molar-refractivity contribution >= 4 is 22.8 Å². The lowest BCUT2D eigenvalue weighted by molar-refractivity contribution is 0.0858. The van der Waals surface area contributed by atoms with Crippen LogP contribution in [0.5, 0.6) is 5.75 Å². The van der Waals surface area contributed by atoms with Crippen LogP contribution in [0.3, 0.4) is 0 Å². The van der Waals surface area contributed by atoms with Gasteiger partial charge in [-0.3, -0.25) is 14.2 Å². The molecule has 1 amide bonds. The van der Waals surface area contributed by atoms with Gasteiger partial charge in [0.15, 0.2) is 5.82 Å². The molecule has 0 fully saturated rings. The van der Waals surface area contributed by atoms with E-state index in [-0.39, 0.29) is 25.0 Å². The summed E-state index contributed by atoms with van der Waals surface area (Å²) in [5.41, 5.74) is 1.88. The Bertz CT molecular complexity index is 1140. The van der Waals surface area contributed by atoms with Crippen molar-refractivity contribution < 1.29 is 14.3 Å². The number of carbonyl (C=O) groups is 2. The summed E-state index contributed by atoms with van der Waals surface area (Å²) in [4.78, 5) is 29.7. The lowest BCUT2D eigenvalue weighted by Crippen LogP contribution is -2.33. The van der Waals surface area contributed by atoms with E-state index in [9.17, 15) is 9.59 Å². The second kappa shape index (κ2) is 8.39. The van der Waals surface area contributed by atoms with Crippen molar-refractivity contribution in [3.05, 3.63) is 96.3 Å². The molecule has 4 rings (SSSR count). The highest BCUT2D eigenvalue weighted by Gasteiger charge is 2.18. The molecule has 0 spiro atoms. The van der Waals surface area contributed by atoms with Crippen LogP contribution >= 0.6 is 0 Å². The number of aromatic nitrogens is 2. The molecule has 1 heterocycles. The molecular weight excluding hydrogens is 366 g/mol. The number of para-hydroxylation sites is 3. The van der Waals surface area contributed by atoms with Crippen LogP contribution in [0.15, 0.2) is 84.9 Å². The summed E-state index contributed by atoms with van der Waals surface area (Å²) in [7, 11) is 0. The van der Waals surface area contributed by atoms with E-state index in [2.05, 4.69) is 10.3 Å². The van der Waals surface area contributed by atoms with Gasteiger partial charge in [0, 0.05) is 5.56 Å². The van der Waals surface area contributed by atoms with Gasteiger partial charge in [-0.05, 0) is 36.4 Å². The smallest absolute Gasteiger partial charge is 0.252 e. The molecule has 0 aliphatic carbocycles. The molecule has 0 bridgehead atoms. The van der Waals surface area contributed by atoms with Gasteiger partial charge in [-0.25, -0.2) is 4.98 Å². The van der Waals surface area contributed by atoms with Gasteiger partial charge in [0.25, 0.3) is 11.8 Å². The fourth-order valence-corrected chi connectivity index (χ4v) is 3.04. The average Bonchev–Trinajstić information content (AvgIpc) is 3.15. The van der Waals surface area contributed by atoms with Gasteiger partial charge in [0.1, 0.15) is 12.4 Å². The lowest BCUT2D eigenvalue weighted by Gasteiger charge is -2.10. The molecule has 0 aliphatic heterocycles. The molecule has 1 aromatic heterocycles. The number of rotatable bonds is 6. The van der Waals surface area contributed by atoms with E-state index in [1.54, 1.807) is 24.3 Å². The predicted octanol–water partition coefficient (Wildman–Crippen LogP) is 3.69. The molecule has 6 heteroatoms. The number of nitrogens with one attached hydrogen (secondary N) is 1.